The molecule has 0 atom stereocenters. The summed E-state index contributed by atoms with van der Waals surface area (Å²) in [5, 5.41) is 8.95. The standard InChI is InChI=1S/C15H16FO2/c1-18-15-13(6-3-7-14(15)16)12-5-2-4-11(10-12)8-9-17/h2,4-7,10,17H,3,8-9H2,1H3. The number of ether oxygens (including phenoxy) is 1. The number of aliphatic hydroxyl groups is 1. The fraction of sp³-hybridized carbons (Fsp3) is 0.267. The van der Waals surface area contributed by atoms with Gasteiger partial charge in [-0.05, 0) is 36.5 Å². The van der Waals surface area contributed by atoms with Crippen LogP contribution in [-0.2, 0) is 11.2 Å². The van der Waals surface area contributed by atoms with Crippen LogP contribution in [0.2, 0.25) is 0 Å². The molecule has 0 bridgehead atoms. The van der Waals surface area contributed by atoms with E-state index in [0.717, 1.165) is 16.7 Å². The van der Waals surface area contributed by atoms with Crippen molar-refractivity contribution in [3.63, 3.8) is 0 Å². The lowest BCUT2D eigenvalue weighted by atomic mass is 9.94. The van der Waals surface area contributed by atoms with Gasteiger partial charge < -0.3 is 9.84 Å². The third-order valence-electron chi connectivity index (χ3n) is 2.92. The van der Waals surface area contributed by atoms with Gasteiger partial charge in [-0.1, -0.05) is 24.3 Å². The maximum Gasteiger partial charge on any atom is 0.161 e. The van der Waals surface area contributed by atoms with Crippen LogP contribution in [0.15, 0.2) is 41.9 Å². The minimum atomic E-state index is -0.317. The molecule has 3 heteroatoms. The van der Waals surface area contributed by atoms with E-state index in [1.54, 1.807) is 0 Å². The molecule has 0 saturated heterocycles. The molecule has 0 aromatic heterocycles. The molecule has 0 amide bonds. The number of methoxy groups -OCH3 is 1. The summed E-state index contributed by atoms with van der Waals surface area (Å²) in [5.41, 5.74) is 2.72. The second-order valence-corrected chi connectivity index (χ2v) is 4.11. The molecule has 1 aromatic carbocycles. The Morgan fingerprint density at radius 3 is 2.94 bits per heavy atom. The third kappa shape index (κ3) is 2.62. The number of hydrogen-bond acceptors (Lipinski definition) is 2. The molecule has 95 valence electrons. The minimum absolute atomic E-state index is 0.109. The summed E-state index contributed by atoms with van der Waals surface area (Å²) in [5.74, 6) is -0.0371. The van der Waals surface area contributed by atoms with Gasteiger partial charge in [0.2, 0.25) is 0 Å². The van der Waals surface area contributed by atoms with Gasteiger partial charge in [-0.3, -0.25) is 0 Å². The van der Waals surface area contributed by atoms with E-state index in [2.05, 4.69) is 0 Å². The molecule has 0 aliphatic heterocycles. The molecule has 1 aliphatic carbocycles. The summed E-state index contributed by atoms with van der Waals surface area (Å²) in [7, 11) is 1.47. The Hall–Kier alpha value is -1.61. The van der Waals surface area contributed by atoms with Crippen molar-refractivity contribution in [3.8, 4) is 0 Å². The zero-order chi connectivity index (χ0) is 13.0. The number of allylic oxidation sites excluding steroid dienone is 3. The van der Waals surface area contributed by atoms with Crippen LogP contribution in [0, 0.1) is 6.42 Å². The van der Waals surface area contributed by atoms with E-state index < -0.39 is 0 Å². The van der Waals surface area contributed by atoms with Crippen LogP contribution in [0.3, 0.4) is 0 Å². The summed E-state index contributed by atoms with van der Waals surface area (Å²) >= 11 is 0. The van der Waals surface area contributed by atoms with Crippen LogP contribution in [0.1, 0.15) is 17.5 Å². The van der Waals surface area contributed by atoms with Crippen molar-refractivity contribution in [3.05, 3.63) is 59.5 Å². The molecule has 0 spiro atoms. The predicted molar refractivity (Wildman–Crippen MR) is 69.3 cm³/mol. The molecule has 18 heavy (non-hydrogen) atoms. The van der Waals surface area contributed by atoms with Crippen LogP contribution in [0.4, 0.5) is 4.39 Å². The molecule has 0 fully saturated rings. The predicted octanol–water partition coefficient (Wildman–Crippen LogP) is 3.04. The molecular weight excluding hydrogens is 231 g/mol. The van der Waals surface area contributed by atoms with E-state index in [9.17, 15) is 4.39 Å². The highest BCUT2D eigenvalue weighted by molar-refractivity contribution is 5.77. The van der Waals surface area contributed by atoms with E-state index in [1.807, 2.05) is 30.7 Å². The zero-order valence-electron chi connectivity index (χ0n) is 10.3. The molecule has 1 N–H and O–H groups in total. The van der Waals surface area contributed by atoms with Crippen molar-refractivity contribution >= 4 is 5.57 Å². The fourth-order valence-corrected chi connectivity index (χ4v) is 2.07. The van der Waals surface area contributed by atoms with Crippen molar-refractivity contribution in [2.45, 2.75) is 12.8 Å². The first kappa shape index (κ1) is 12.8. The first-order valence-electron chi connectivity index (χ1n) is 5.94. The van der Waals surface area contributed by atoms with Gasteiger partial charge in [-0.2, -0.15) is 0 Å². The average molecular weight is 247 g/mol. The Balaban J connectivity index is 2.40. The van der Waals surface area contributed by atoms with Gasteiger partial charge in [0.05, 0.1) is 7.11 Å². The molecule has 0 heterocycles. The van der Waals surface area contributed by atoms with Crippen molar-refractivity contribution in [2.24, 2.45) is 0 Å². The van der Waals surface area contributed by atoms with Gasteiger partial charge in [-0.25, -0.2) is 4.39 Å². The number of rotatable bonds is 4. The van der Waals surface area contributed by atoms with Crippen molar-refractivity contribution in [1.82, 2.24) is 0 Å². The lowest BCUT2D eigenvalue weighted by molar-refractivity contribution is 0.283. The summed E-state index contributed by atoms with van der Waals surface area (Å²) in [6, 6.07) is 7.73. The van der Waals surface area contributed by atoms with Crippen LogP contribution in [0.25, 0.3) is 5.57 Å². The second kappa shape index (κ2) is 5.83. The molecule has 0 unspecified atom stereocenters. The van der Waals surface area contributed by atoms with E-state index in [4.69, 9.17) is 9.84 Å². The highest BCUT2D eigenvalue weighted by Crippen LogP contribution is 2.33. The van der Waals surface area contributed by atoms with Gasteiger partial charge in [0, 0.05) is 12.2 Å². The first-order valence-corrected chi connectivity index (χ1v) is 5.94. The Morgan fingerprint density at radius 1 is 1.39 bits per heavy atom. The van der Waals surface area contributed by atoms with Gasteiger partial charge in [-0.15, -0.1) is 0 Å². The number of aliphatic hydroxyl groups excluding tert-OH is 1. The lowest BCUT2D eigenvalue weighted by Crippen LogP contribution is -2.02. The molecular formula is C15H16FO2. The maximum atomic E-state index is 13.7. The van der Waals surface area contributed by atoms with E-state index >= 15 is 0 Å². The maximum absolute atomic E-state index is 13.7. The van der Waals surface area contributed by atoms with Crippen LogP contribution in [0.5, 0.6) is 0 Å². The fourth-order valence-electron chi connectivity index (χ4n) is 2.07. The highest BCUT2D eigenvalue weighted by atomic mass is 19.1. The zero-order valence-corrected chi connectivity index (χ0v) is 10.3. The van der Waals surface area contributed by atoms with Crippen LogP contribution < -0.4 is 0 Å². The Morgan fingerprint density at radius 2 is 2.22 bits per heavy atom. The summed E-state index contributed by atoms with van der Waals surface area (Å²) in [6.07, 6.45) is 4.61. The van der Waals surface area contributed by atoms with E-state index in [0.29, 0.717) is 12.8 Å². The third-order valence-corrected chi connectivity index (χ3v) is 2.92. The molecule has 2 rings (SSSR count). The van der Waals surface area contributed by atoms with E-state index in [-0.39, 0.29) is 18.2 Å². The normalized spacial score (nSPS) is 15.6. The summed E-state index contributed by atoms with van der Waals surface area (Å²) in [6.45, 7) is 0.109. The van der Waals surface area contributed by atoms with Crippen LogP contribution in [-0.4, -0.2) is 18.8 Å². The lowest BCUT2D eigenvalue weighted by Gasteiger charge is -2.17. The van der Waals surface area contributed by atoms with Gasteiger partial charge in [0.15, 0.2) is 11.6 Å². The smallest absolute Gasteiger partial charge is 0.161 e. The Bertz CT molecular complexity index is 489. The van der Waals surface area contributed by atoms with Crippen molar-refractivity contribution < 1.29 is 14.2 Å². The minimum Gasteiger partial charge on any atom is -0.493 e. The Labute approximate surface area is 106 Å². The first-order chi connectivity index (χ1) is 8.76. The van der Waals surface area contributed by atoms with Crippen LogP contribution >= 0.6 is 0 Å². The second-order valence-electron chi connectivity index (χ2n) is 4.11. The summed E-state index contributed by atoms with van der Waals surface area (Å²) < 4.78 is 18.8. The van der Waals surface area contributed by atoms with E-state index in [1.165, 1.54) is 13.2 Å². The largest absolute Gasteiger partial charge is 0.493 e. The van der Waals surface area contributed by atoms with Gasteiger partial charge in [0.1, 0.15) is 0 Å². The molecule has 2 nitrogen and oxygen atoms in total. The topological polar surface area (TPSA) is 29.5 Å². The van der Waals surface area contributed by atoms with Gasteiger partial charge in [0.25, 0.3) is 0 Å². The average Bonchev–Trinajstić information content (AvgIpc) is 2.39. The Kier molecular flexibility index (Phi) is 4.15. The van der Waals surface area contributed by atoms with Gasteiger partial charge >= 0.3 is 0 Å². The monoisotopic (exact) mass is 247 g/mol. The van der Waals surface area contributed by atoms with Crippen molar-refractivity contribution in [1.29, 1.82) is 0 Å². The highest BCUT2D eigenvalue weighted by Gasteiger charge is 2.18. The SMILES string of the molecule is COC1=C(c2cccc(CCO)c2)[CH]CC=C1F. The number of benzene rings is 1. The molecule has 1 aromatic rings. The number of halogens is 1. The molecule has 0 saturated carbocycles. The molecule has 1 radical (unpaired) electrons. The molecule has 1 aliphatic rings. The summed E-state index contributed by atoms with van der Waals surface area (Å²) in [4.78, 5) is 0. The quantitative estimate of drug-likeness (QED) is 0.886. The van der Waals surface area contributed by atoms with Crippen molar-refractivity contribution in [2.75, 3.05) is 13.7 Å². The number of hydrogen-bond donors (Lipinski definition) is 1.